The van der Waals surface area contributed by atoms with E-state index in [9.17, 15) is 14.7 Å². The number of benzene rings is 2. The fourth-order valence-corrected chi connectivity index (χ4v) is 4.49. The summed E-state index contributed by atoms with van der Waals surface area (Å²) >= 11 is 6.38. The van der Waals surface area contributed by atoms with E-state index in [0.29, 0.717) is 16.8 Å². The molecule has 11 nitrogen and oxygen atoms in total. The maximum Gasteiger partial charge on any atom is 0.255 e. The maximum atomic E-state index is 13.4. The van der Waals surface area contributed by atoms with Crippen molar-refractivity contribution in [2.75, 3.05) is 13.7 Å². The van der Waals surface area contributed by atoms with E-state index in [2.05, 4.69) is 31.1 Å². The first-order valence-corrected chi connectivity index (χ1v) is 12.6. The molecule has 12 heteroatoms. The fourth-order valence-electron chi connectivity index (χ4n) is 4.28. The van der Waals surface area contributed by atoms with Gasteiger partial charge in [-0.15, -0.1) is 0 Å². The van der Waals surface area contributed by atoms with E-state index in [1.54, 1.807) is 26.1 Å². The molecule has 0 saturated heterocycles. The van der Waals surface area contributed by atoms with Crippen LogP contribution >= 0.6 is 11.6 Å². The van der Waals surface area contributed by atoms with E-state index in [4.69, 9.17) is 17.0 Å². The third-order valence-electron chi connectivity index (χ3n) is 6.35. The highest BCUT2D eigenvalue weighted by molar-refractivity contribution is 6.33. The van der Waals surface area contributed by atoms with E-state index in [1.807, 2.05) is 37.3 Å². The molecule has 2 amide bonds. The minimum Gasteiger partial charge on any atom is -0.394 e. The van der Waals surface area contributed by atoms with E-state index in [-0.39, 0.29) is 41.8 Å². The Balaban J connectivity index is 1.54. The summed E-state index contributed by atoms with van der Waals surface area (Å²) < 4.78 is 0. The van der Waals surface area contributed by atoms with Gasteiger partial charge >= 0.3 is 0 Å². The summed E-state index contributed by atoms with van der Waals surface area (Å²) in [4.78, 5) is 40.6. The minimum atomic E-state index is -0.769. The van der Waals surface area contributed by atoms with Crippen LogP contribution in [-0.4, -0.2) is 63.5 Å². The van der Waals surface area contributed by atoms with Crippen molar-refractivity contribution in [3.63, 3.8) is 0 Å². The number of aliphatic hydroxyl groups is 1. The molecule has 4 rings (SSSR count). The number of fused-ring (bicyclic) bond motifs is 1. The number of rotatable bonds is 9. The number of hydrogen-bond acceptors (Lipinski definition) is 8. The van der Waals surface area contributed by atoms with Gasteiger partial charge in [-0.25, -0.2) is 15.4 Å². The standard InChI is InChI=1S/C27H29ClN8O3/c1-15-5-4-6-17(9-15)22(14-37)32-25(38)16(2)36-13-19-8-7-18(10-20(19)26(36)39)24-21(28)12-31-27(34-24)33-23(11-29)35-30-3/h4-12,16,22,29-30,37H,13-14H2,1-3H3,(H,32,38)(H,31,33,34,35)/t16-,22-/m1/s1. The molecule has 0 unspecified atom stereocenters. The average Bonchev–Trinajstić information content (AvgIpc) is 3.27. The molecule has 0 radical (unpaired) electrons. The summed E-state index contributed by atoms with van der Waals surface area (Å²) in [7, 11) is 1.64. The van der Waals surface area contributed by atoms with Crippen LogP contribution in [0.15, 0.2) is 53.7 Å². The van der Waals surface area contributed by atoms with Gasteiger partial charge in [0.15, 0.2) is 5.84 Å². The molecule has 1 aliphatic heterocycles. The van der Waals surface area contributed by atoms with Crippen LogP contribution in [0.4, 0.5) is 5.95 Å². The van der Waals surface area contributed by atoms with Crippen molar-refractivity contribution in [1.82, 2.24) is 31.0 Å². The Bertz CT molecular complexity index is 1440. The Morgan fingerprint density at radius 2 is 2.10 bits per heavy atom. The Hall–Kier alpha value is -4.19. The van der Waals surface area contributed by atoms with Crippen molar-refractivity contribution in [2.24, 2.45) is 4.99 Å². The van der Waals surface area contributed by atoms with Crippen molar-refractivity contribution in [2.45, 2.75) is 32.5 Å². The summed E-state index contributed by atoms with van der Waals surface area (Å²) in [5.41, 5.74) is 9.36. The van der Waals surface area contributed by atoms with Crippen LogP contribution in [0.1, 0.15) is 40.0 Å². The lowest BCUT2D eigenvalue weighted by Crippen LogP contribution is -2.46. The van der Waals surface area contributed by atoms with Gasteiger partial charge in [0.05, 0.1) is 35.8 Å². The van der Waals surface area contributed by atoms with Crippen LogP contribution in [0.5, 0.6) is 0 Å². The second-order valence-electron chi connectivity index (χ2n) is 9.02. The van der Waals surface area contributed by atoms with Gasteiger partial charge in [-0.1, -0.05) is 53.6 Å². The molecule has 1 aromatic heterocycles. The number of aliphatic imine (C=N–C) groups is 1. The van der Waals surface area contributed by atoms with Gasteiger partial charge in [-0.05, 0) is 31.0 Å². The second kappa shape index (κ2) is 12.1. The SMILES string of the molecule is CNNC(C=N)=Nc1ncc(Cl)c(-c2ccc3c(c2)C(=O)N([C@H](C)C(=O)N[C@H](CO)c2cccc(C)c2)C3)n1. The summed E-state index contributed by atoms with van der Waals surface area (Å²) in [6.07, 6.45) is 2.42. The lowest BCUT2D eigenvalue weighted by Gasteiger charge is -2.26. The zero-order chi connectivity index (χ0) is 28.1. The zero-order valence-electron chi connectivity index (χ0n) is 21.7. The van der Waals surface area contributed by atoms with Gasteiger partial charge < -0.3 is 26.2 Å². The molecular formula is C27H29ClN8O3. The van der Waals surface area contributed by atoms with Crippen LogP contribution < -0.4 is 16.2 Å². The summed E-state index contributed by atoms with van der Waals surface area (Å²) in [5, 5.41) is 20.5. The number of nitrogens with one attached hydrogen (secondary N) is 4. The first-order chi connectivity index (χ1) is 18.7. The number of nitrogens with zero attached hydrogens (tertiary/aromatic N) is 4. The predicted molar refractivity (Wildman–Crippen MR) is 149 cm³/mol. The van der Waals surface area contributed by atoms with Crippen LogP contribution in [0.25, 0.3) is 11.3 Å². The van der Waals surface area contributed by atoms with Crippen LogP contribution in [0.3, 0.4) is 0 Å². The fraction of sp³-hybridized carbons (Fsp3) is 0.259. The molecule has 0 saturated carbocycles. The number of carbonyl (C=O) groups is 2. The summed E-state index contributed by atoms with van der Waals surface area (Å²) in [6, 6.07) is 11.5. The first kappa shape index (κ1) is 27.8. The van der Waals surface area contributed by atoms with Crippen molar-refractivity contribution in [3.05, 3.63) is 75.9 Å². The monoisotopic (exact) mass is 548 g/mol. The largest absolute Gasteiger partial charge is 0.394 e. The molecule has 0 spiro atoms. The van der Waals surface area contributed by atoms with Crippen molar-refractivity contribution in [3.8, 4) is 11.3 Å². The second-order valence-corrected chi connectivity index (χ2v) is 9.43. The number of hydrazine groups is 1. The molecule has 0 fully saturated rings. The highest BCUT2D eigenvalue weighted by Crippen LogP contribution is 2.32. The van der Waals surface area contributed by atoms with Crippen molar-refractivity contribution >= 4 is 41.4 Å². The molecule has 3 aromatic rings. The molecular weight excluding hydrogens is 520 g/mol. The Morgan fingerprint density at radius 1 is 1.31 bits per heavy atom. The number of aliphatic hydroxyl groups excluding tert-OH is 1. The number of aromatic nitrogens is 2. The van der Waals surface area contributed by atoms with Gasteiger partial charge in [-0.3, -0.25) is 9.59 Å². The number of amidine groups is 1. The highest BCUT2D eigenvalue weighted by atomic mass is 35.5. The third kappa shape index (κ3) is 6.11. The summed E-state index contributed by atoms with van der Waals surface area (Å²) in [6.45, 7) is 3.60. The quantitative estimate of drug-likeness (QED) is 0.156. The number of amides is 2. The Labute approximate surface area is 230 Å². The van der Waals surface area contributed by atoms with Crippen molar-refractivity contribution in [1.29, 1.82) is 5.41 Å². The average molecular weight is 549 g/mol. The molecule has 2 aromatic carbocycles. The summed E-state index contributed by atoms with van der Waals surface area (Å²) in [5.74, 6) is -0.376. The van der Waals surface area contributed by atoms with Gasteiger partial charge in [0.2, 0.25) is 5.91 Å². The van der Waals surface area contributed by atoms with E-state index in [0.717, 1.165) is 22.9 Å². The molecule has 1 aliphatic rings. The van der Waals surface area contributed by atoms with Gasteiger partial charge in [-0.2, -0.15) is 4.99 Å². The molecule has 202 valence electrons. The number of carbonyl (C=O) groups excluding carboxylic acids is 2. The predicted octanol–water partition coefficient (Wildman–Crippen LogP) is 2.70. The smallest absolute Gasteiger partial charge is 0.255 e. The topological polar surface area (TPSA) is 156 Å². The zero-order valence-corrected chi connectivity index (χ0v) is 22.5. The Morgan fingerprint density at radius 3 is 2.79 bits per heavy atom. The van der Waals surface area contributed by atoms with Crippen molar-refractivity contribution < 1.29 is 14.7 Å². The molecule has 39 heavy (non-hydrogen) atoms. The maximum absolute atomic E-state index is 13.4. The lowest BCUT2D eigenvalue weighted by atomic mass is 10.0. The molecule has 2 heterocycles. The number of aryl methyl sites for hydroxylation is 1. The molecule has 2 atom stereocenters. The van der Waals surface area contributed by atoms with Gasteiger partial charge in [0.1, 0.15) is 6.04 Å². The van der Waals surface area contributed by atoms with E-state index >= 15 is 0 Å². The number of halogens is 1. The van der Waals surface area contributed by atoms with E-state index < -0.39 is 12.1 Å². The van der Waals surface area contributed by atoms with E-state index in [1.165, 1.54) is 11.1 Å². The van der Waals surface area contributed by atoms with Crippen LogP contribution in [-0.2, 0) is 11.3 Å². The van der Waals surface area contributed by atoms with Gasteiger partial charge in [0.25, 0.3) is 11.9 Å². The Kier molecular flexibility index (Phi) is 8.65. The number of hydrogen-bond donors (Lipinski definition) is 5. The normalized spacial score (nSPS) is 14.5. The lowest BCUT2D eigenvalue weighted by molar-refractivity contribution is -0.126. The third-order valence-corrected chi connectivity index (χ3v) is 6.62. The van der Waals surface area contributed by atoms with Crippen LogP contribution in [0.2, 0.25) is 5.02 Å². The van der Waals surface area contributed by atoms with Crippen LogP contribution in [0, 0.1) is 12.3 Å². The minimum absolute atomic E-state index is 0.0847. The highest BCUT2D eigenvalue weighted by Gasteiger charge is 2.35. The molecule has 5 N–H and O–H groups in total. The van der Waals surface area contributed by atoms with Gasteiger partial charge in [0, 0.05) is 24.7 Å². The molecule has 0 bridgehead atoms. The first-order valence-electron chi connectivity index (χ1n) is 12.2. The molecule has 0 aliphatic carbocycles.